The number of amides is 1. The van der Waals surface area contributed by atoms with Gasteiger partial charge in [0, 0.05) is 5.69 Å². The number of benzene rings is 1. The zero-order valence-electron chi connectivity index (χ0n) is 13.4. The van der Waals surface area contributed by atoms with Crippen LogP contribution < -0.4 is 10.9 Å². The zero-order chi connectivity index (χ0) is 16.8. The fourth-order valence-corrected chi connectivity index (χ4v) is 2.45. The quantitative estimate of drug-likeness (QED) is 0.764. The second kappa shape index (κ2) is 7.74. The van der Waals surface area contributed by atoms with Crippen LogP contribution in [0.5, 0.6) is 0 Å². The van der Waals surface area contributed by atoms with Crippen LogP contribution in [0.2, 0.25) is 0 Å². The largest absolute Gasteiger partial charge is 0.394 e. The number of aliphatic hydroxyl groups is 1. The van der Waals surface area contributed by atoms with Gasteiger partial charge in [-0.3, -0.25) is 9.59 Å². The van der Waals surface area contributed by atoms with Gasteiger partial charge in [-0.25, -0.2) is 0 Å². The van der Waals surface area contributed by atoms with Crippen LogP contribution in [0, 0.1) is 5.92 Å². The SMILES string of the molecule is CC(C)CC(CO)NC(=O)c1ccc(-c2ccccc2)[nH]c1=O. The van der Waals surface area contributed by atoms with E-state index in [0.717, 1.165) is 5.56 Å². The normalized spacial score (nSPS) is 12.2. The van der Waals surface area contributed by atoms with E-state index in [4.69, 9.17) is 0 Å². The third kappa shape index (κ3) is 4.53. The van der Waals surface area contributed by atoms with Crippen LogP contribution in [0.15, 0.2) is 47.3 Å². The smallest absolute Gasteiger partial charge is 0.261 e. The topological polar surface area (TPSA) is 82.2 Å². The first-order valence-electron chi connectivity index (χ1n) is 7.71. The summed E-state index contributed by atoms with van der Waals surface area (Å²) in [5.41, 5.74) is 1.15. The molecule has 2 aromatic rings. The number of hydrogen-bond donors (Lipinski definition) is 3. The van der Waals surface area contributed by atoms with E-state index >= 15 is 0 Å². The summed E-state index contributed by atoms with van der Waals surface area (Å²) < 4.78 is 0. The average molecular weight is 314 g/mol. The van der Waals surface area contributed by atoms with Crippen LogP contribution >= 0.6 is 0 Å². The molecule has 0 radical (unpaired) electrons. The average Bonchev–Trinajstić information content (AvgIpc) is 2.54. The molecular weight excluding hydrogens is 292 g/mol. The molecule has 0 aliphatic carbocycles. The maximum Gasteiger partial charge on any atom is 0.261 e. The summed E-state index contributed by atoms with van der Waals surface area (Å²) in [7, 11) is 0. The molecule has 0 fully saturated rings. The van der Waals surface area contributed by atoms with E-state index in [1.165, 1.54) is 6.07 Å². The number of nitrogens with one attached hydrogen (secondary N) is 2. The van der Waals surface area contributed by atoms with Crippen molar-refractivity contribution in [3.63, 3.8) is 0 Å². The van der Waals surface area contributed by atoms with Crippen LogP contribution in [-0.2, 0) is 0 Å². The minimum absolute atomic E-state index is 0.0480. The van der Waals surface area contributed by atoms with Crippen LogP contribution in [0.25, 0.3) is 11.3 Å². The molecule has 1 aromatic heterocycles. The number of aromatic amines is 1. The molecule has 3 N–H and O–H groups in total. The molecule has 2 rings (SSSR count). The highest BCUT2D eigenvalue weighted by molar-refractivity contribution is 5.94. The standard InChI is InChI=1S/C18H22N2O3/c1-12(2)10-14(11-21)19-17(22)15-8-9-16(20-18(15)23)13-6-4-3-5-7-13/h3-9,12,14,21H,10-11H2,1-2H3,(H,19,22)(H,20,23). The van der Waals surface area contributed by atoms with Crippen LogP contribution in [-0.4, -0.2) is 28.6 Å². The summed E-state index contributed by atoms with van der Waals surface area (Å²) in [6.07, 6.45) is 0.655. The van der Waals surface area contributed by atoms with E-state index < -0.39 is 11.5 Å². The van der Waals surface area contributed by atoms with Gasteiger partial charge in [0.15, 0.2) is 0 Å². The molecule has 5 nitrogen and oxygen atoms in total. The van der Waals surface area contributed by atoms with Gasteiger partial charge in [-0.05, 0) is 30.0 Å². The van der Waals surface area contributed by atoms with Crippen molar-refractivity contribution in [3.05, 3.63) is 58.4 Å². The molecule has 0 aliphatic heterocycles. The second-order valence-corrected chi connectivity index (χ2v) is 5.96. The van der Waals surface area contributed by atoms with Gasteiger partial charge in [0.25, 0.3) is 11.5 Å². The lowest BCUT2D eigenvalue weighted by atomic mass is 10.0. The Kier molecular flexibility index (Phi) is 5.71. The number of H-pyrrole nitrogens is 1. The molecular formula is C18H22N2O3. The van der Waals surface area contributed by atoms with Crippen LogP contribution in [0.1, 0.15) is 30.6 Å². The fraction of sp³-hybridized carbons (Fsp3) is 0.333. The van der Waals surface area contributed by atoms with Gasteiger partial charge in [-0.15, -0.1) is 0 Å². The predicted molar refractivity (Wildman–Crippen MR) is 90.3 cm³/mol. The van der Waals surface area contributed by atoms with Gasteiger partial charge >= 0.3 is 0 Å². The Morgan fingerprint density at radius 1 is 1.17 bits per heavy atom. The van der Waals surface area contributed by atoms with Gasteiger partial charge in [0.2, 0.25) is 0 Å². The maximum atomic E-state index is 12.2. The van der Waals surface area contributed by atoms with Crippen molar-refractivity contribution >= 4 is 5.91 Å². The Balaban J connectivity index is 2.17. The van der Waals surface area contributed by atoms with Crippen molar-refractivity contribution in [1.29, 1.82) is 0 Å². The highest BCUT2D eigenvalue weighted by atomic mass is 16.3. The minimum Gasteiger partial charge on any atom is -0.394 e. The van der Waals surface area contributed by atoms with Crippen molar-refractivity contribution in [2.24, 2.45) is 5.92 Å². The zero-order valence-corrected chi connectivity index (χ0v) is 13.4. The number of aliphatic hydroxyl groups excluding tert-OH is 1. The number of hydrogen-bond acceptors (Lipinski definition) is 3. The molecule has 0 spiro atoms. The molecule has 1 aromatic carbocycles. The third-order valence-electron chi connectivity index (χ3n) is 3.55. The summed E-state index contributed by atoms with van der Waals surface area (Å²) in [6.45, 7) is 3.87. The summed E-state index contributed by atoms with van der Waals surface area (Å²) in [5.74, 6) is -0.128. The molecule has 1 atom stereocenters. The molecule has 0 saturated carbocycles. The summed E-state index contributed by atoms with van der Waals surface area (Å²) in [6, 6.07) is 12.3. The summed E-state index contributed by atoms with van der Waals surface area (Å²) in [4.78, 5) is 27.1. The predicted octanol–water partition coefficient (Wildman–Crippen LogP) is 2.18. The van der Waals surface area contributed by atoms with Crippen molar-refractivity contribution in [2.45, 2.75) is 26.3 Å². The van der Waals surface area contributed by atoms with Gasteiger partial charge in [-0.2, -0.15) is 0 Å². The highest BCUT2D eigenvalue weighted by Gasteiger charge is 2.17. The Morgan fingerprint density at radius 2 is 1.87 bits per heavy atom. The van der Waals surface area contributed by atoms with Crippen LogP contribution in [0.4, 0.5) is 0 Å². The number of pyridine rings is 1. The minimum atomic E-state index is -0.467. The number of aromatic nitrogens is 1. The molecule has 0 saturated heterocycles. The Morgan fingerprint density at radius 3 is 2.43 bits per heavy atom. The molecule has 1 amide bonds. The fourth-order valence-electron chi connectivity index (χ4n) is 2.45. The molecule has 23 heavy (non-hydrogen) atoms. The van der Waals surface area contributed by atoms with Crippen molar-refractivity contribution in [1.82, 2.24) is 10.3 Å². The van der Waals surface area contributed by atoms with E-state index in [1.807, 2.05) is 44.2 Å². The number of rotatable bonds is 6. The first kappa shape index (κ1) is 17.0. The maximum absolute atomic E-state index is 12.2. The number of carbonyl (C=O) groups is 1. The van der Waals surface area contributed by atoms with Crippen LogP contribution in [0.3, 0.4) is 0 Å². The van der Waals surface area contributed by atoms with Gasteiger partial charge in [0.1, 0.15) is 5.56 Å². The highest BCUT2D eigenvalue weighted by Crippen LogP contribution is 2.14. The second-order valence-electron chi connectivity index (χ2n) is 5.96. The number of carbonyl (C=O) groups excluding carboxylic acids is 1. The Hall–Kier alpha value is -2.40. The first-order valence-corrected chi connectivity index (χ1v) is 7.71. The van der Waals surface area contributed by atoms with Crippen molar-refractivity contribution < 1.29 is 9.90 Å². The van der Waals surface area contributed by atoms with Crippen molar-refractivity contribution in [3.8, 4) is 11.3 Å². The van der Waals surface area contributed by atoms with E-state index in [-0.39, 0.29) is 18.2 Å². The lowest BCUT2D eigenvalue weighted by molar-refractivity contribution is 0.0907. The molecule has 0 aliphatic rings. The Labute approximate surface area is 135 Å². The molecule has 1 unspecified atom stereocenters. The van der Waals surface area contributed by atoms with Gasteiger partial charge in [-0.1, -0.05) is 44.2 Å². The molecule has 5 heteroatoms. The van der Waals surface area contributed by atoms with E-state index in [2.05, 4.69) is 10.3 Å². The Bertz CT molecular complexity index is 708. The van der Waals surface area contributed by atoms with E-state index in [0.29, 0.717) is 18.0 Å². The molecule has 122 valence electrons. The van der Waals surface area contributed by atoms with E-state index in [1.54, 1.807) is 6.07 Å². The lowest BCUT2D eigenvalue weighted by Gasteiger charge is -2.18. The lowest BCUT2D eigenvalue weighted by Crippen LogP contribution is -2.40. The van der Waals surface area contributed by atoms with Gasteiger partial charge in [0.05, 0.1) is 12.6 Å². The summed E-state index contributed by atoms with van der Waals surface area (Å²) >= 11 is 0. The molecule has 0 bridgehead atoms. The molecule has 1 heterocycles. The monoisotopic (exact) mass is 314 g/mol. The summed E-state index contributed by atoms with van der Waals surface area (Å²) in [5, 5.41) is 12.0. The first-order chi connectivity index (χ1) is 11.0. The third-order valence-corrected chi connectivity index (χ3v) is 3.55. The van der Waals surface area contributed by atoms with Crippen molar-refractivity contribution in [2.75, 3.05) is 6.61 Å². The van der Waals surface area contributed by atoms with Gasteiger partial charge < -0.3 is 15.4 Å². The van der Waals surface area contributed by atoms with E-state index in [9.17, 15) is 14.7 Å².